The lowest BCUT2D eigenvalue weighted by molar-refractivity contribution is -0.134. The summed E-state index contributed by atoms with van der Waals surface area (Å²) >= 11 is 0. The van der Waals surface area contributed by atoms with Gasteiger partial charge in [0.25, 0.3) is 0 Å². The van der Waals surface area contributed by atoms with E-state index in [0.717, 1.165) is 37.2 Å². The number of hydrogen-bond donors (Lipinski definition) is 0. The van der Waals surface area contributed by atoms with Gasteiger partial charge in [0, 0.05) is 19.6 Å². The van der Waals surface area contributed by atoms with Crippen LogP contribution >= 0.6 is 0 Å². The van der Waals surface area contributed by atoms with Crippen LogP contribution in [0.5, 0.6) is 0 Å². The van der Waals surface area contributed by atoms with Crippen molar-refractivity contribution in [2.24, 2.45) is 5.92 Å². The van der Waals surface area contributed by atoms with Crippen LogP contribution in [-0.4, -0.2) is 48.4 Å². The van der Waals surface area contributed by atoms with E-state index in [2.05, 4.69) is 49.9 Å². The third-order valence-electron chi connectivity index (χ3n) is 6.36. The summed E-state index contributed by atoms with van der Waals surface area (Å²) in [5, 5.41) is 0. The number of hydrogen-bond acceptors (Lipinski definition) is 2. The van der Waals surface area contributed by atoms with Crippen molar-refractivity contribution in [2.45, 2.75) is 51.5 Å². The Morgan fingerprint density at radius 3 is 1.90 bits per heavy atom. The van der Waals surface area contributed by atoms with E-state index in [0.29, 0.717) is 12.0 Å². The van der Waals surface area contributed by atoms with Crippen LogP contribution in [0, 0.1) is 5.92 Å². The van der Waals surface area contributed by atoms with Crippen molar-refractivity contribution in [3.05, 3.63) is 71.8 Å². The smallest absolute Gasteiger partial charge is 0.237 e. The van der Waals surface area contributed by atoms with Crippen LogP contribution in [0.4, 0.5) is 0 Å². The number of amides is 1. The quantitative estimate of drug-likeness (QED) is 0.634. The Labute approximate surface area is 176 Å². The molecule has 2 aromatic rings. The van der Waals surface area contributed by atoms with E-state index in [4.69, 9.17) is 0 Å². The van der Waals surface area contributed by atoms with E-state index < -0.39 is 5.41 Å². The van der Waals surface area contributed by atoms with Gasteiger partial charge in [-0.2, -0.15) is 0 Å². The fourth-order valence-corrected chi connectivity index (χ4v) is 4.73. The number of benzene rings is 2. The van der Waals surface area contributed by atoms with Crippen LogP contribution in [0.2, 0.25) is 0 Å². The highest BCUT2D eigenvalue weighted by Gasteiger charge is 2.40. The average Bonchev–Trinajstić information content (AvgIpc) is 3.28. The Balaban J connectivity index is 1.88. The molecule has 1 amide bonds. The SMILES string of the molecule is CC(C)CC(CN(C)C(=O)C(C)(c1ccccc1)c1ccccc1)N1CCCC1. The summed E-state index contributed by atoms with van der Waals surface area (Å²) < 4.78 is 0. The highest BCUT2D eigenvalue weighted by atomic mass is 16.2. The maximum atomic E-state index is 13.9. The molecule has 1 saturated heterocycles. The molecule has 3 nitrogen and oxygen atoms in total. The van der Waals surface area contributed by atoms with Crippen molar-refractivity contribution in [3.8, 4) is 0 Å². The van der Waals surface area contributed by atoms with Crippen molar-refractivity contribution in [1.82, 2.24) is 9.80 Å². The van der Waals surface area contributed by atoms with Gasteiger partial charge in [0.05, 0.1) is 5.41 Å². The molecule has 1 heterocycles. The fraction of sp³-hybridized carbons (Fsp3) is 0.500. The molecule has 29 heavy (non-hydrogen) atoms. The lowest BCUT2D eigenvalue weighted by Gasteiger charge is -2.37. The highest BCUT2D eigenvalue weighted by molar-refractivity contribution is 5.91. The van der Waals surface area contributed by atoms with Crippen LogP contribution in [0.15, 0.2) is 60.7 Å². The van der Waals surface area contributed by atoms with Crippen molar-refractivity contribution in [2.75, 3.05) is 26.7 Å². The van der Waals surface area contributed by atoms with Gasteiger partial charge in [-0.3, -0.25) is 9.69 Å². The third-order valence-corrected chi connectivity index (χ3v) is 6.36. The van der Waals surface area contributed by atoms with Gasteiger partial charge >= 0.3 is 0 Å². The molecule has 0 aromatic heterocycles. The largest absolute Gasteiger partial charge is 0.343 e. The maximum Gasteiger partial charge on any atom is 0.237 e. The number of carbonyl (C=O) groups is 1. The minimum atomic E-state index is -0.690. The van der Waals surface area contributed by atoms with E-state index in [1.54, 1.807) is 0 Å². The number of likely N-dealkylation sites (tertiary alicyclic amines) is 1. The predicted octanol–water partition coefficient (Wildman–Crippen LogP) is 4.96. The second-order valence-electron chi connectivity index (χ2n) is 9.07. The van der Waals surface area contributed by atoms with Gasteiger partial charge in [0.1, 0.15) is 0 Å². The van der Waals surface area contributed by atoms with Gasteiger partial charge in [0.2, 0.25) is 5.91 Å². The van der Waals surface area contributed by atoms with Crippen molar-refractivity contribution >= 4 is 5.91 Å². The molecule has 0 N–H and O–H groups in total. The Morgan fingerprint density at radius 1 is 0.966 bits per heavy atom. The molecule has 1 unspecified atom stereocenters. The summed E-state index contributed by atoms with van der Waals surface area (Å²) in [6.45, 7) is 9.74. The topological polar surface area (TPSA) is 23.6 Å². The van der Waals surface area contributed by atoms with Gasteiger partial charge in [-0.1, -0.05) is 74.5 Å². The molecule has 1 fully saturated rings. The van der Waals surface area contributed by atoms with E-state index in [1.807, 2.05) is 48.3 Å². The number of likely N-dealkylation sites (N-methyl/N-ethyl adjacent to an activating group) is 1. The number of rotatable bonds is 8. The van der Waals surface area contributed by atoms with E-state index in [9.17, 15) is 4.79 Å². The standard InChI is InChI=1S/C26H36N2O/c1-21(2)19-24(28-17-11-12-18-28)20-27(4)25(29)26(3,22-13-7-5-8-14-22)23-15-9-6-10-16-23/h5-10,13-16,21,24H,11-12,17-20H2,1-4H3. The lowest BCUT2D eigenvalue weighted by Crippen LogP contribution is -2.50. The first kappa shape index (κ1) is 21.6. The van der Waals surface area contributed by atoms with Crippen LogP contribution in [0.25, 0.3) is 0 Å². The van der Waals surface area contributed by atoms with Gasteiger partial charge < -0.3 is 4.90 Å². The summed E-state index contributed by atoms with van der Waals surface area (Å²) in [5.74, 6) is 0.793. The minimum Gasteiger partial charge on any atom is -0.343 e. The van der Waals surface area contributed by atoms with Gasteiger partial charge in [-0.15, -0.1) is 0 Å². The fourth-order valence-electron chi connectivity index (χ4n) is 4.73. The molecule has 0 spiro atoms. The summed E-state index contributed by atoms with van der Waals surface area (Å²) in [6.07, 6.45) is 3.68. The predicted molar refractivity (Wildman–Crippen MR) is 121 cm³/mol. The van der Waals surface area contributed by atoms with Crippen LogP contribution in [0.1, 0.15) is 51.2 Å². The number of nitrogens with zero attached hydrogens (tertiary/aromatic N) is 2. The first-order chi connectivity index (χ1) is 13.9. The molecule has 1 aliphatic heterocycles. The third kappa shape index (κ3) is 4.90. The van der Waals surface area contributed by atoms with Gasteiger partial charge in [-0.05, 0) is 56.3 Å². The average molecular weight is 393 g/mol. The van der Waals surface area contributed by atoms with Gasteiger partial charge in [-0.25, -0.2) is 0 Å². The lowest BCUT2D eigenvalue weighted by atomic mass is 9.75. The summed E-state index contributed by atoms with van der Waals surface area (Å²) in [4.78, 5) is 18.5. The zero-order valence-corrected chi connectivity index (χ0v) is 18.5. The van der Waals surface area contributed by atoms with Crippen LogP contribution in [0.3, 0.4) is 0 Å². The summed E-state index contributed by atoms with van der Waals surface area (Å²) in [5.41, 5.74) is 1.40. The monoisotopic (exact) mass is 392 g/mol. The van der Waals surface area contributed by atoms with Gasteiger partial charge in [0.15, 0.2) is 0 Å². The van der Waals surface area contributed by atoms with Crippen molar-refractivity contribution in [3.63, 3.8) is 0 Å². The summed E-state index contributed by atoms with van der Waals surface area (Å²) in [7, 11) is 1.98. The normalized spacial score (nSPS) is 16.2. The molecule has 1 aliphatic rings. The molecule has 2 aromatic carbocycles. The van der Waals surface area contributed by atoms with Crippen LogP contribution < -0.4 is 0 Å². The molecule has 0 radical (unpaired) electrons. The molecular formula is C26H36N2O. The molecule has 3 rings (SSSR count). The Morgan fingerprint density at radius 2 is 1.45 bits per heavy atom. The molecule has 1 atom stereocenters. The zero-order chi connectivity index (χ0) is 20.9. The molecule has 156 valence electrons. The Bertz CT molecular complexity index is 726. The zero-order valence-electron chi connectivity index (χ0n) is 18.5. The molecule has 3 heteroatoms. The maximum absolute atomic E-state index is 13.9. The summed E-state index contributed by atoms with van der Waals surface area (Å²) in [6, 6.07) is 20.8. The molecule has 0 bridgehead atoms. The molecule has 0 aliphatic carbocycles. The Hall–Kier alpha value is -2.13. The first-order valence-electron chi connectivity index (χ1n) is 11.0. The second-order valence-corrected chi connectivity index (χ2v) is 9.07. The van der Waals surface area contributed by atoms with E-state index in [-0.39, 0.29) is 5.91 Å². The van der Waals surface area contributed by atoms with Crippen molar-refractivity contribution in [1.29, 1.82) is 0 Å². The highest BCUT2D eigenvalue weighted by Crippen LogP contribution is 2.34. The van der Waals surface area contributed by atoms with E-state index in [1.165, 1.54) is 12.8 Å². The minimum absolute atomic E-state index is 0.169. The number of carbonyl (C=O) groups excluding carboxylic acids is 1. The second kappa shape index (κ2) is 9.58. The van der Waals surface area contributed by atoms with E-state index >= 15 is 0 Å². The Kier molecular flexibility index (Phi) is 7.13. The van der Waals surface area contributed by atoms with Crippen LogP contribution in [-0.2, 0) is 10.2 Å². The molecule has 0 saturated carbocycles. The van der Waals surface area contributed by atoms with Crippen molar-refractivity contribution < 1.29 is 4.79 Å². The molecular weight excluding hydrogens is 356 g/mol. The first-order valence-corrected chi connectivity index (χ1v) is 11.0.